The molecule has 2 N–H and O–H groups in total. The second-order valence-electron chi connectivity index (χ2n) is 5.00. The van der Waals surface area contributed by atoms with Crippen LogP contribution in [0.15, 0.2) is 18.2 Å². The molecule has 0 saturated heterocycles. The van der Waals surface area contributed by atoms with Crippen LogP contribution in [-0.4, -0.2) is 14.8 Å². The molecule has 0 aliphatic rings. The first kappa shape index (κ1) is 12.8. The van der Waals surface area contributed by atoms with Gasteiger partial charge >= 0.3 is 0 Å². The van der Waals surface area contributed by atoms with Crippen LogP contribution in [0.5, 0.6) is 0 Å². The zero-order valence-corrected chi connectivity index (χ0v) is 11.4. The Morgan fingerprint density at radius 2 is 1.78 bits per heavy atom. The van der Waals surface area contributed by atoms with Gasteiger partial charge < -0.3 is 5.73 Å². The van der Waals surface area contributed by atoms with E-state index in [1.807, 2.05) is 4.68 Å². The van der Waals surface area contributed by atoms with Crippen LogP contribution in [0.4, 0.5) is 0 Å². The summed E-state index contributed by atoms with van der Waals surface area (Å²) in [5.74, 6) is 1.97. The summed E-state index contributed by atoms with van der Waals surface area (Å²) in [6.45, 7) is 8.78. The Hall–Kier alpha value is -1.68. The highest BCUT2D eigenvalue weighted by molar-refractivity contribution is 5.39. The van der Waals surface area contributed by atoms with Crippen LogP contribution in [-0.2, 0) is 6.54 Å². The van der Waals surface area contributed by atoms with Gasteiger partial charge in [0.2, 0.25) is 0 Å². The van der Waals surface area contributed by atoms with E-state index in [4.69, 9.17) is 5.73 Å². The number of rotatable bonds is 3. The molecule has 0 amide bonds. The average molecular weight is 244 g/mol. The highest BCUT2D eigenvalue weighted by Crippen LogP contribution is 2.19. The molecule has 0 aliphatic carbocycles. The lowest BCUT2D eigenvalue weighted by Gasteiger charge is -2.10. The number of aryl methyl sites for hydroxylation is 2. The van der Waals surface area contributed by atoms with Crippen LogP contribution >= 0.6 is 0 Å². The van der Waals surface area contributed by atoms with Gasteiger partial charge in [0.25, 0.3) is 0 Å². The van der Waals surface area contributed by atoms with E-state index in [1.54, 1.807) is 0 Å². The molecule has 18 heavy (non-hydrogen) atoms. The van der Waals surface area contributed by atoms with Crippen LogP contribution < -0.4 is 5.73 Å². The monoisotopic (exact) mass is 244 g/mol. The second kappa shape index (κ2) is 4.90. The maximum atomic E-state index is 5.63. The molecule has 0 unspecified atom stereocenters. The van der Waals surface area contributed by atoms with Crippen molar-refractivity contribution >= 4 is 0 Å². The highest BCUT2D eigenvalue weighted by Gasteiger charge is 2.14. The predicted octanol–water partition coefficient (Wildman–Crippen LogP) is 2.47. The van der Waals surface area contributed by atoms with Crippen LogP contribution in [0.25, 0.3) is 5.69 Å². The van der Waals surface area contributed by atoms with Crippen molar-refractivity contribution < 1.29 is 0 Å². The molecule has 0 radical (unpaired) electrons. The Morgan fingerprint density at radius 1 is 1.17 bits per heavy atom. The number of hydrogen-bond acceptors (Lipinski definition) is 3. The molecule has 0 fully saturated rings. The molecule has 4 nitrogen and oxygen atoms in total. The van der Waals surface area contributed by atoms with Crippen molar-refractivity contribution in [1.82, 2.24) is 14.8 Å². The average Bonchev–Trinajstić information content (AvgIpc) is 2.71. The summed E-state index contributed by atoms with van der Waals surface area (Å²) in [6, 6.07) is 6.39. The Balaban J connectivity index is 2.58. The van der Waals surface area contributed by atoms with E-state index in [-0.39, 0.29) is 0 Å². The molecule has 0 aliphatic heterocycles. The molecule has 0 bridgehead atoms. The summed E-state index contributed by atoms with van der Waals surface area (Å²) in [7, 11) is 0. The quantitative estimate of drug-likeness (QED) is 0.902. The number of aromatic nitrogens is 3. The minimum absolute atomic E-state index is 0.318. The summed E-state index contributed by atoms with van der Waals surface area (Å²) < 4.78 is 1.91. The first-order valence-corrected chi connectivity index (χ1v) is 6.26. The fraction of sp³-hybridized carbons (Fsp3) is 0.429. The van der Waals surface area contributed by atoms with Gasteiger partial charge in [0.15, 0.2) is 5.82 Å². The summed E-state index contributed by atoms with van der Waals surface area (Å²) in [5, 5.41) is 4.48. The second-order valence-corrected chi connectivity index (χ2v) is 5.00. The van der Waals surface area contributed by atoms with Crippen LogP contribution in [0.2, 0.25) is 0 Å². The molecule has 0 saturated carbocycles. The molecule has 1 aromatic carbocycles. The number of nitrogens with two attached hydrogens (primary N) is 1. The number of nitrogens with zero attached hydrogens (tertiary/aromatic N) is 3. The van der Waals surface area contributed by atoms with E-state index >= 15 is 0 Å². The molecule has 4 heteroatoms. The van der Waals surface area contributed by atoms with Crippen molar-refractivity contribution in [2.75, 3.05) is 0 Å². The summed E-state index contributed by atoms with van der Waals surface area (Å²) in [6.07, 6.45) is 0. The van der Waals surface area contributed by atoms with Gasteiger partial charge in [-0.3, -0.25) is 0 Å². The van der Waals surface area contributed by atoms with E-state index in [2.05, 4.69) is 56.0 Å². The van der Waals surface area contributed by atoms with Gasteiger partial charge in [-0.15, -0.1) is 5.10 Å². The van der Waals surface area contributed by atoms with Crippen molar-refractivity contribution in [3.05, 3.63) is 41.0 Å². The number of hydrogen-bond donors (Lipinski definition) is 1. The minimum Gasteiger partial charge on any atom is -0.324 e. The Kier molecular flexibility index (Phi) is 3.48. The van der Waals surface area contributed by atoms with Gasteiger partial charge in [0.1, 0.15) is 5.82 Å². The van der Waals surface area contributed by atoms with Crippen molar-refractivity contribution in [2.24, 2.45) is 5.73 Å². The van der Waals surface area contributed by atoms with Gasteiger partial charge in [-0.25, -0.2) is 9.67 Å². The highest BCUT2D eigenvalue weighted by atomic mass is 15.4. The maximum Gasteiger partial charge on any atom is 0.164 e. The van der Waals surface area contributed by atoms with E-state index in [0.29, 0.717) is 18.3 Å². The lowest BCUT2D eigenvalue weighted by atomic mass is 10.1. The minimum atomic E-state index is 0.318. The molecule has 0 spiro atoms. The lowest BCUT2D eigenvalue weighted by Crippen LogP contribution is -2.05. The smallest absolute Gasteiger partial charge is 0.164 e. The number of benzene rings is 1. The zero-order chi connectivity index (χ0) is 13.3. The van der Waals surface area contributed by atoms with Crippen LogP contribution in [0.1, 0.15) is 42.5 Å². The zero-order valence-electron chi connectivity index (χ0n) is 11.4. The van der Waals surface area contributed by atoms with Gasteiger partial charge in [-0.1, -0.05) is 19.9 Å². The third-order valence-corrected chi connectivity index (χ3v) is 2.83. The van der Waals surface area contributed by atoms with Crippen molar-refractivity contribution in [1.29, 1.82) is 0 Å². The summed E-state index contributed by atoms with van der Waals surface area (Å²) in [4.78, 5) is 4.49. The van der Waals surface area contributed by atoms with Crippen molar-refractivity contribution in [2.45, 2.75) is 40.2 Å². The van der Waals surface area contributed by atoms with E-state index in [9.17, 15) is 0 Å². The largest absolute Gasteiger partial charge is 0.324 e. The molecule has 96 valence electrons. The normalized spacial score (nSPS) is 11.2. The van der Waals surface area contributed by atoms with Crippen LogP contribution in [0.3, 0.4) is 0 Å². The topological polar surface area (TPSA) is 56.7 Å². The Morgan fingerprint density at radius 3 is 2.28 bits per heavy atom. The molecular formula is C14H20N4. The van der Waals surface area contributed by atoms with Crippen molar-refractivity contribution in [3.8, 4) is 5.69 Å². The summed E-state index contributed by atoms with van der Waals surface area (Å²) >= 11 is 0. The fourth-order valence-electron chi connectivity index (χ4n) is 2.09. The summed E-state index contributed by atoms with van der Waals surface area (Å²) in [5.41, 5.74) is 9.14. The van der Waals surface area contributed by atoms with E-state index in [1.165, 1.54) is 11.1 Å². The fourth-order valence-corrected chi connectivity index (χ4v) is 2.09. The first-order valence-electron chi connectivity index (χ1n) is 6.26. The third-order valence-electron chi connectivity index (χ3n) is 2.83. The lowest BCUT2D eigenvalue weighted by molar-refractivity contribution is 0.712. The Labute approximate surface area is 108 Å². The van der Waals surface area contributed by atoms with E-state index in [0.717, 1.165) is 11.5 Å². The standard InChI is InChI=1S/C14H20N4/c1-9(2)14-16-13(8-15)17-18(14)12-6-10(3)5-11(4)7-12/h5-7,9H,8,15H2,1-4H3. The molecule has 2 aromatic rings. The van der Waals surface area contributed by atoms with Crippen LogP contribution in [0, 0.1) is 13.8 Å². The molecule has 2 rings (SSSR count). The van der Waals surface area contributed by atoms with E-state index < -0.39 is 0 Å². The van der Waals surface area contributed by atoms with Gasteiger partial charge in [-0.05, 0) is 37.1 Å². The Bertz CT molecular complexity index is 535. The molecule has 1 aromatic heterocycles. The molecular weight excluding hydrogens is 224 g/mol. The third kappa shape index (κ3) is 2.43. The molecule has 1 heterocycles. The van der Waals surface area contributed by atoms with Crippen molar-refractivity contribution in [3.63, 3.8) is 0 Å². The predicted molar refractivity (Wildman–Crippen MR) is 72.8 cm³/mol. The first-order chi connectivity index (χ1) is 8.51. The van der Waals surface area contributed by atoms with Gasteiger partial charge in [0.05, 0.1) is 12.2 Å². The van der Waals surface area contributed by atoms with Gasteiger partial charge in [0, 0.05) is 5.92 Å². The maximum absolute atomic E-state index is 5.63. The van der Waals surface area contributed by atoms with Gasteiger partial charge in [-0.2, -0.15) is 0 Å². The SMILES string of the molecule is Cc1cc(C)cc(-n2nc(CN)nc2C(C)C)c1. The molecule has 0 atom stereocenters.